The molecule has 7 nitrogen and oxygen atoms in total. The van der Waals surface area contributed by atoms with E-state index in [-0.39, 0.29) is 40.2 Å². The number of thiophene rings is 1. The third kappa shape index (κ3) is 20.0. The average Bonchev–Trinajstić information content (AvgIpc) is 1.30. The molecule has 8 heterocycles. The van der Waals surface area contributed by atoms with Crippen molar-refractivity contribution >= 4 is 80.2 Å². The van der Waals surface area contributed by atoms with Gasteiger partial charge in [0.15, 0.2) is 0 Å². The summed E-state index contributed by atoms with van der Waals surface area (Å²) in [7, 11) is -3.41. The Bertz CT molecular complexity index is 5710. The van der Waals surface area contributed by atoms with Gasteiger partial charge in [-0.05, 0) is 209 Å². The van der Waals surface area contributed by atoms with Crippen LogP contribution in [-0.2, 0) is 72.2 Å². The van der Waals surface area contributed by atoms with Gasteiger partial charge in [-0.1, -0.05) is 208 Å². The molecule has 12 heteroatoms. The minimum atomic E-state index is -1.70. The van der Waals surface area contributed by atoms with E-state index in [0.717, 1.165) is 118 Å². The Labute approximate surface area is 706 Å². The molecule has 2 radical (unpaired) electrons. The Morgan fingerprint density at radius 3 is 1.64 bits per heavy atom. The summed E-state index contributed by atoms with van der Waals surface area (Å²) in [6.45, 7) is 40.5. The van der Waals surface area contributed by atoms with Crippen LogP contribution in [0.25, 0.3) is 110 Å². The van der Waals surface area contributed by atoms with Crippen molar-refractivity contribution < 1.29 is 50.1 Å². The van der Waals surface area contributed by atoms with Gasteiger partial charge in [-0.25, -0.2) is 9.97 Å². The van der Waals surface area contributed by atoms with Gasteiger partial charge in [0.1, 0.15) is 4.83 Å². The fourth-order valence-electron chi connectivity index (χ4n) is 15.6. The molecular formula is C100H110Ir2N6OSSi2-4. The molecule has 0 spiro atoms. The van der Waals surface area contributed by atoms with E-state index < -0.39 is 39.7 Å². The Kier molecular flexibility index (Phi) is 25.3. The van der Waals surface area contributed by atoms with E-state index in [2.05, 4.69) is 213 Å². The average molecular weight is 1890 g/mol. The van der Waals surface area contributed by atoms with Crippen LogP contribution in [0.15, 0.2) is 181 Å². The monoisotopic (exact) mass is 1890 g/mol. The summed E-state index contributed by atoms with van der Waals surface area (Å²) in [5.41, 5.74) is 26.1. The SMILES string of the molecule is Cc1ccc(C)c(-c2ccc3c(n2)oc2c[c-]c(-c4cc(CC5CCCC5)c(C(C)C)cn4)cc23)c1C.Cc1cccc(C)c1-c1ccc2c(n1)sc1c[c-]c(-c3nccc4c3CCCC4)cc12.[2H]C([2H])(c1cc(-c2[c-]cccc2)ncc1[Si](C)(C)C)C(C)(C)C.[2H]C([2H])(c1cc(-c2[c-]cccc2)ncc1[Si](C)(C)C)C(C)(C)C.[Ir].[Ir]. The number of pyridine rings is 6. The van der Waals surface area contributed by atoms with Crippen LogP contribution in [0.2, 0.25) is 39.3 Å². The molecule has 0 saturated heterocycles. The molecule has 0 atom stereocenters. The number of fused-ring (bicyclic) bond motifs is 7. The molecule has 0 aliphatic heterocycles. The fourth-order valence-corrected chi connectivity index (χ4v) is 19.4. The minimum absolute atomic E-state index is 0. The zero-order valence-electron chi connectivity index (χ0n) is 72.9. The first kappa shape index (κ1) is 79.2. The maximum Gasteiger partial charge on any atom is 0.216 e. The number of aryl methyl sites for hydroxylation is 5. The zero-order chi connectivity index (χ0) is 81.6. The summed E-state index contributed by atoms with van der Waals surface area (Å²) < 4.78 is 42.4. The van der Waals surface area contributed by atoms with Gasteiger partial charge < -0.3 is 24.4 Å². The van der Waals surface area contributed by atoms with Crippen molar-refractivity contribution in [3.63, 3.8) is 0 Å². The summed E-state index contributed by atoms with van der Waals surface area (Å²) >= 11 is 1.75. The van der Waals surface area contributed by atoms with Gasteiger partial charge in [0, 0.05) is 87.0 Å². The van der Waals surface area contributed by atoms with Gasteiger partial charge in [-0.3, -0.25) is 0 Å². The Balaban J connectivity index is 0.000000154. The summed E-state index contributed by atoms with van der Waals surface area (Å²) in [4.78, 5) is 30.0. The second kappa shape index (κ2) is 35.8. The van der Waals surface area contributed by atoms with E-state index in [1.54, 1.807) is 11.3 Å². The van der Waals surface area contributed by atoms with Crippen molar-refractivity contribution in [3.8, 4) is 67.5 Å². The van der Waals surface area contributed by atoms with Crippen LogP contribution in [0.5, 0.6) is 0 Å². The Hall–Kier alpha value is -8.03. The maximum absolute atomic E-state index is 8.75. The van der Waals surface area contributed by atoms with Gasteiger partial charge in [0.25, 0.3) is 0 Å². The zero-order valence-corrected chi connectivity index (χ0v) is 76.5. The van der Waals surface area contributed by atoms with Gasteiger partial charge in [0.05, 0.1) is 33.1 Å². The van der Waals surface area contributed by atoms with Crippen molar-refractivity contribution in [1.29, 1.82) is 0 Å². The third-order valence-electron chi connectivity index (χ3n) is 21.3. The summed E-state index contributed by atoms with van der Waals surface area (Å²) in [5.74, 6) is 1.28. The number of hydrogen-bond donors (Lipinski definition) is 0. The van der Waals surface area contributed by atoms with E-state index in [0.29, 0.717) is 11.6 Å². The molecule has 0 amide bonds. The van der Waals surface area contributed by atoms with Crippen LogP contribution in [-0.4, -0.2) is 46.1 Å². The normalized spacial score (nSPS) is 14.0. The maximum atomic E-state index is 8.75. The standard InChI is InChI=1S/C34H35N2O.C28H23N2S.2C19H26NSi.2Ir/c1-20(2)29-19-35-31(18-26(29)16-24-8-6-7-9-24)25-12-15-32-28(17-25)27-13-14-30(36-34(27)37-32)33-22(4)11-10-21(3)23(33)5;1-17-6-5-7-18(2)26(17)24-12-11-22-23-16-20(10-13-25(23)31-28(22)30-24)27-21-9-4-3-8-19(21)14-15-29-27;2*1-19(2,3)13-16-12-17(15-10-8-7-9-11-15)20-14-18(16)21(4,5)6;;/h10-11,13-15,17-20,24H,6-9,16H2,1-5H3;5-7,11-16H,3-4,8-9H2,1-2H3;2*7-10,12,14H,13H2,1-6H3;;/q4*-1;;/i;;2*13D2;;. The molecule has 16 rings (SSSR count). The number of nitrogens with zero attached hydrogens (tertiary/aromatic N) is 6. The van der Waals surface area contributed by atoms with Gasteiger partial charge >= 0.3 is 0 Å². The van der Waals surface area contributed by atoms with Gasteiger partial charge in [-0.15, -0.1) is 119 Å². The fraction of sp³-hybridized carbons (Fsp3) is 0.340. The molecule has 14 aromatic rings. The molecule has 6 aromatic carbocycles. The van der Waals surface area contributed by atoms with E-state index in [9.17, 15) is 0 Å². The van der Waals surface area contributed by atoms with E-state index in [1.807, 2.05) is 127 Å². The van der Waals surface area contributed by atoms with Crippen molar-refractivity contribution in [2.75, 3.05) is 0 Å². The van der Waals surface area contributed by atoms with E-state index >= 15 is 0 Å². The first-order valence-corrected chi connectivity index (χ1v) is 47.3. The molecule has 8 aromatic heterocycles. The first-order valence-electron chi connectivity index (χ1n) is 41.5. The van der Waals surface area contributed by atoms with Crippen molar-refractivity contribution in [2.45, 2.75) is 206 Å². The molecule has 2 aliphatic rings. The number of furan rings is 1. The molecule has 0 N–H and O–H groups in total. The van der Waals surface area contributed by atoms with Crippen LogP contribution >= 0.6 is 11.3 Å². The second-order valence-electron chi connectivity index (χ2n) is 34.8. The summed E-state index contributed by atoms with van der Waals surface area (Å²) in [6.07, 6.45) is 16.4. The van der Waals surface area contributed by atoms with Crippen LogP contribution in [0.3, 0.4) is 0 Å². The third-order valence-corrected chi connectivity index (χ3v) is 26.4. The van der Waals surface area contributed by atoms with Gasteiger partial charge in [0.2, 0.25) is 5.71 Å². The Morgan fingerprint density at radius 2 is 1.05 bits per heavy atom. The van der Waals surface area contributed by atoms with Crippen LogP contribution in [0, 0.1) is 75.6 Å². The molecule has 582 valence electrons. The van der Waals surface area contributed by atoms with E-state index in [1.165, 1.54) is 122 Å². The first-order chi connectivity index (χ1) is 54.0. The smallest absolute Gasteiger partial charge is 0.216 e. The molecular weight excluding hydrogens is 1770 g/mol. The van der Waals surface area contributed by atoms with Crippen molar-refractivity contribution in [3.05, 3.63) is 262 Å². The van der Waals surface area contributed by atoms with Gasteiger partial charge in [-0.2, -0.15) is 11.3 Å². The van der Waals surface area contributed by atoms with Crippen molar-refractivity contribution in [1.82, 2.24) is 29.9 Å². The van der Waals surface area contributed by atoms with Crippen molar-refractivity contribution in [2.24, 2.45) is 16.7 Å². The van der Waals surface area contributed by atoms with Crippen LogP contribution in [0.4, 0.5) is 0 Å². The minimum Gasteiger partial charge on any atom is -0.486 e. The topological polar surface area (TPSA) is 90.5 Å². The Morgan fingerprint density at radius 1 is 0.509 bits per heavy atom. The number of aromatic nitrogens is 6. The molecule has 0 bridgehead atoms. The number of benzene rings is 6. The molecule has 2 aliphatic carbocycles. The predicted molar refractivity (Wildman–Crippen MR) is 473 cm³/mol. The molecule has 112 heavy (non-hydrogen) atoms. The predicted octanol–water partition coefficient (Wildman–Crippen LogP) is 26.1. The molecule has 1 saturated carbocycles. The van der Waals surface area contributed by atoms with Crippen LogP contribution in [0.1, 0.15) is 167 Å². The van der Waals surface area contributed by atoms with E-state index in [4.69, 9.17) is 29.8 Å². The largest absolute Gasteiger partial charge is 0.486 e. The molecule has 0 unspecified atom stereocenters. The second-order valence-corrected chi connectivity index (χ2v) is 45.9. The summed E-state index contributed by atoms with van der Waals surface area (Å²) in [5, 5.41) is 6.75. The molecule has 1 fully saturated rings. The van der Waals surface area contributed by atoms with Crippen LogP contribution < -0.4 is 10.4 Å². The number of hydrogen-bond acceptors (Lipinski definition) is 8. The summed E-state index contributed by atoms with van der Waals surface area (Å²) in [6, 6.07) is 65.1. The number of rotatable bonds is 13. The quantitative estimate of drug-likeness (QED) is 0.0839.